The molecule has 8 rings (SSSR count). The summed E-state index contributed by atoms with van der Waals surface area (Å²) in [6, 6.07) is 47.7. The second-order valence-corrected chi connectivity index (χ2v) is 11.6. The van der Waals surface area contributed by atoms with Crippen LogP contribution in [0.15, 0.2) is 122 Å². The molecule has 1 fully saturated rings. The quantitative estimate of drug-likeness (QED) is 0.112. The van der Waals surface area contributed by atoms with Gasteiger partial charge in [-0.2, -0.15) is 37.0 Å². The van der Waals surface area contributed by atoms with Crippen molar-refractivity contribution in [2.75, 3.05) is 29.9 Å². The molecule has 0 unspecified atom stereocenters. The number of pyridine rings is 1. The molecule has 4 heterocycles. The monoisotopic (exact) mass is 1040 g/mol. The van der Waals surface area contributed by atoms with Crippen molar-refractivity contribution in [1.29, 1.82) is 0 Å². The van der Waals surface area contributed by atoms with Crippen LogP contribution >= 0.6 is 0 Å². The fourth-order valence-electron chi connectivity index (χ4n) is 5.56. The molecule has 0 amide bonds. The van der Waals surface area contributed by atoms with Gasteiger partial charge in [-0.05, 0) is 44.4 Å². The van der Waals surface area contributed by atoms with Crippen molar-refractivity contribution in [1.82, 2.24) is 14.5 Å². The van der Waals surface area contributed by atoms with Crippen LogP contribution in [-0.4, -0.2) is 34.6 Å². The van der Waals surface area contributed by atoms with E-state index in [9.17, 15) is 0 Å². The zero-order chi connectivity index (χ0) is 34.1. The number of nitrogens with zero attached hydrogens (tertiary/aromatic N) is 5. The molecule has 2 aliphatic heterocycles. The van der Waals surface area contributed by atoms with E-state index in [0.717, 1.165) is 46.8 Å². The minimum absolute atomic E-state index is 0. The molecule has 9 heteroatoms. The topological polar surface area (TPSA) is 46.0 Å². The van der Waals surface area contributed by atoms with E-state index >= 15 is 0 Å². The number of hydrogen-bond donors (Lipinski definition) is 0. The van der Waals surface area contributed by atoms with Crippen LogP contribution in [0.3, 0.4) is 0 Å². The Morgan fingerprint density at radius 1 is 0.750 bits per heavy atom. The molecule has 0 aliphatic carbocycles. The number of ether oxygens (including phenoxy) is 2. The molecule has 0 spiro atoms. The molecule has 2 aromatic heterocycles. The summed E-state index contributed by atoms with van der Waals surface area (Å²) in [5.74, 6) is 2.48. The van der Waals surface area contributed by atoms with Crippen LogP contribution in [0.4, 0.5) is 11.4 Å². The minimum Gasteiger partial charge on any atom is -0.669 e. The van der Waals surface area contributed by atoms with Crippen molar-refractivity contribution in [2.45, 2.75) is 12.8 Å². The van der Waals surface area contributed by atoms with Gasteiger partial charge in [-0.25, -0.2) is 24.2 Å². The summed E-state index contributed by atoms with van der Waals surface area (Å²) in [6.07, 6.45) is 18.2. The fourth-order valence-corrected chi connectivity index (χ4v) is 5.56. The van der Waals surface area contributed by atoms with Crippen LogP contribution in [0, 0.1) is 49.5 Å². The number of hydrogen-bond acceptors (Lipinski definition) is 6. The summed E-state index contributed by atoms with van der Waals surface area (Å²) in [5.41, 5.74) is 5.32. The first-order valence-corrected chi connectivity index (χ1v) is 16.3. The van der Waals surface area contributed by atoms with E-state index in [1.165, 1.54) is 12.8 Å². The summed E-state index contributed by atoms with van der Waals surface area (Å²) >= 11 is 0. The summed E-state index contributed by atoms with van der Waals surface area (Å²) in [5, 5.41) is 0. The Morgan fingerprint density at radius 2 is 1.46 bits per heavy atom. The van der Waals surface area contributed by atoms with E-state index in [1.54, 1.807) is 23.2 Å². The Kier molecular flexibility index (Phi) is 13.6. The van der Waals surface area contributed by atoms with Crippen LogP contribution in [0.2, 0.25) is 0 Å². The standard InChI is InChI=1S/C37H28N4O2.C6H4N.2Pt/c1-39-19-20-41(27-39)32-24-31(40-17-5-6-18-40)25-36(26-32)43-35-14-8-10-30(22-35)37-23-29(15-16-38-37)28-9-7-13-34(21-28)42-33-11-3-2-4-12-33;1-2-7-5-3-4-6-7;;/h2-4,7-11,13-14,16,19-20,23-25,27H,5-6,17-18H2,1H3;3-6H;;/q-6;-1;;+4. The Morgan fingerprint density at radius 3 is 2.13 bits per heavy atom. The molecule has 0 N–H and O–H groups in total. The number of aromatic nitrogens is 2. The Bertz CT molecular complexity index is 2110. The molecule has 4 aromatic carbocycles. The van der Waals surface area contributed by atoms with Crippen LogP contribution in [0.5, 0.6) is 23.0 Å². The Balaban J connectivity index is 0.000000523. The number of rotatable bonds is 8. The smallest absolute Gasteiger partial charge is 0.669 e. The van der Waals surface area contributed by atoms with Crippen molar-refractivity contribution >= 4 is 11.4 Å². The van der Waals surface area contributed by atoms with Gasteiger partial charge in [0, 0.05) is 69.5 Å². The number of benzene rings is 4. The third-order valence-corrected chi connectivity index (χ3v) is 7.99. The molecule has 2 aliphatic rings. The molecule has 0 saturated carbocycles. The van der Waals surface area contributed by atoms with E-state index in [0.29, 0.717) is 23.0 Å². The molecule has 1 saturated heterocycles. The summed E-state index contributed by atoms with van der Waals surface area (Å²) in [7, 11) is 2.01. The summed E-state index contributed by atoms with van der Waals surface area (Å²) in [6.45, 7) is 4.10. The third kappa shape index (κ3) is 9.85. The van der Waals surface area contributed by atoms with E-state index in [-0.39, 0.29) is 42.1 Å². The van der Waals surface area contributed by atoms with Gasteiger partial charge in [-0.3, -0.25) is 11.1 Å². The molecule has 7 nitrogen and oxygen atoms in total. The molecule has 0 radical (unpaired) electrons. The average molecular weight is 1040 g/mol. The van der Waals surface area contributed by atoms with E-state index in [4.69, 9.17) is 15.9 Å². The number of para-hydroxylation sites is 1. The maximum absolute atomic E-state index is 6.57. The predicted octanol–water partition coefficient (Wildman–Crippen LogP) is 8.82. The SMILES string of the molecule is CN1C=CN(c2[c-]c(Oc3[c-]c(-c4cc(-c5[c-]c(Oc6[c-]cccc6)ccc5)[c-]cn4)ccc3)cc(N3CCCC3)c2)[CH-]1.[C-]#Cn1cccc1.[Pt+4].[Pt]. The van der Waals surface area contributed by atoms with Crippen LogP contribution < -0.4 is 19.3 Å². The Hall–Kier alpha value is -5.01. The van der Waals surface area contributed by atoms with Gasteiger partial charge in [0.05, 0.1) is 0 Å². The summed E-state index contributed by atoms with van der Waals surface area (Å²) in [4.78, 5) is 11.0. The van der Waals surface area contributed by atoms with Crippen molar-refractivity contribution in [3.05, 3.63) is 165 Å². The van der Waals surface area contributed by atoms with Gasteiger partial charge < -0.3 is 40.1 Å². The van der Waals surface area contributed by atoms with Crippen LogP contribution in [0.25, 0.3) is 22.4 Å². The van der Waals surface area contributed by atoms with Crippen LogP contribution in [-0.2, 0) is 42.1 Å². The molecular formula is C43H32N5O2Pt2-3. The van der Waals surface area contributed by atoms with Crippen molar-refractivity contribution < 1.29 is 51.6 Å². The first-order valence-electron chi connectivity index (χ1n) is 16.3. The minimum atomic E-state index is 0. The average Bonchev–Trinajstić information content (AvgIpc) is 3.97. The van der Waals surface area contributed by atoms with Gasteiger partial charge in [0.15, 0.2) is 0 Å². The maximum atomic E-state index is 6.57. The molecule has 0 bridgehead atoms. The predicted molar refractivity (Wildman–Crippen MR) is 194 cm³/mol. The second-order valence-electron chi connectivity index (χ2n) is 11.6. The van der Waals surface area contributed by atoms with Gasteiger partial charge in [0.2, 0.25) is 0 Å². The largest absolute Gasteiger partial charge is 4.00 e. The summed E-state index contributed by atoms with van der Waals surface area (Å²) < 4.78 is 13.9. The van der Waals surface area contributed by atoms with E-state index in [1.807, 2.05) is 115 Å². The third-order valence-electron chi connectivity index (χ3n) is 7.99. The normalized spacial score (nSPS) is 13.0. The Labute approximate surface area is 335 Å². The fraction of sp³-hybridized carbons (Fsp3) is 0.116. The van der Waals surface area contributed by atoms with Crippen molar-refractivity contribution in [3.63, 3.8) is 0 Å². The van der Waals surface area contributed by atoms with Crippen LogP contribution in [0.1, 0.15) is 12.8 Å². The zero-order valence-electron chi connectivity index (χ0n) is 28.1. The molecule has 6 aromatic rings. The molecule has 0 atom stereocenters. The molecular weight excluding hydrogens is 1010 g/mol. The van der Waals surface area contributed by atoms with E-state index in [2.05, 4.69) is 58.4 Å². The van der Waals surface area contributed by atoms with Crippen molar-refractivity contribution in [2.24, 2.45) is 0 Å². The molecule has 264 valence electrons. The van der Waals surface area contributed by atoms with Gasteiger partial charge in [0.25, 0.3) is 0 Å². The first-order chi connectivity index (χ1) is 24.6. The number of anilines is 2. The zero-order valence-corrected chi connectivity index (χ0v) is 32.7. The maximum Gasteiger partial charge on any atom is 4.00 e. The first kappa shape index (κ1) is 38.2. The second kappa shape index (κ2) is 18.5. The van der Waals surface area contributed by atoms with Gasteiger partial charge in [-0.15, -0.1) is 60.2 Å². The molecule has 52 heavy (non-hydrogen) atoms. The van der Waals surface area contributed by atoms with Gasteiger partial charge in [-0.1, -0.05) is 29.3 Å². The van der Waals surface area contributed by atoms with Crippen molar-refractivity contribution in [3.8, 4) is 51.4 Å². The van der Waals surface area contributed by atoms with Gasteiger partial charge in [0.1, 0.15) is 0 Å². The van der Waals surface area contributed by atoms with E-state index < -0.39 is 0 Å². The van der Waals surface area contributed by atoms with Gasteiger partial charge >= 0.3 is 21.1 Å².